The minimum atomic E-state index is -0.375. The van der Waals surface area contributed by atoms with Crippen LogP contribution in [0.4, 0.5) is 0 Å². The lowest BCUT2D eigenvalue weighted by atomic mass is 10.3. The first-order valence-electron chi connectivity index (χ1n) is 4.56. The fourth-order valence-electron chi connectivity index (χ4n) is 1.19. The Kier molecular flexibility index (Phi) is 2.59. The Hall–Kier alpha value is -2.31. The van der Waals surface area contributed by atoms with Crippen molar-refractivity contribution in [2.45, 2.75) is 13.8 Å². The number of esters is 1. The van der Waals surface area contributed by atoms with Gasteiger partial charge in [0.05, 0.1) is 5.69 Å². The van der Waals surface area contributed by atoms with Crippen molar-refractivity contribution in [3.05, 3.63) is 24.2 Å². The summed E-state index contributed by atoms with van der Waals surface area (Å²) < 4.78 is 6.38. The summed E-state index contributed by atoms with van der Waals surface area (Å²) in [7, 11) is 0. The third-order valence-electron chi connectivity index (χ3n) is 1.86. The highest BCUT2D eigenvalue weighted by Gasteiger charge is 2.06. The second kappa shape index (κ2) is 4.05. The lowest BCUT2D eigenvalue weighted by molar-refractivity contribution is -0.131. The SMILES string of the molecule is CC(=O)Oc1ccc(-n2cnnn2)nc1C. The largest absolute Gasteiger partial charge is 0.425 e. The van der Waals surface area contributed by atoms with Gasteiger partial charge in [0.25, 0.3) is 0 Å². The van der Waals surface area contributed by atoms with Crippen LogP contribution in [0.1, 0.15) is 12.6 Å². The molecule has 0 aliphatic heterocycles. The summed E-state index contributed by atoms with van der Waals surface area (Å²) in [5, 5.41) is 10.7. The predicted molar refractivity (Wildman–Crippen MR) is 53.0 cm³/mol. The average molecular weight is 219 g/mol. The van der Waals surface area contributed by atoms with Gasteiger partial charge in [-0.25, -0.2) is 4.98 Å². The molecule has 0 N–H and O–H groups in total. The van der Waals surface area contributed by atoms with Crippen molar-refractivity contribution in [3.63, 3.8) is 0 Å². The molecule has 7 nitrogen and oxygen atoms in total. The Bertz CT molecular complexity index is 509. The van der Waals surface area contributed by atoms with Gasteiger partial charge in [-0.2, -0.15) is 4.68 Å². The van der Waals surface area contributed by atoms with Gasteiger partial charge in [0, 0.05) is 6.92 Å². The number of nitrogens with zero attached hydrogens (tertiary/aromatic N) is 5. The van der Waals surface area contributed by atoms with E-state index in [1.165, 1.54) is 17.9 Å². The van der Waals surface area contributed by atoms with Crippen molar-refractivity contribution in [3.8, 4) is 11.6 Å². The lowest BCUT2D eigenvalue weighted by Gasteiger charge is -2.05. The van der Waals surface area contributed by atoms with Crippen LogP contribution in [-0.4, -0.2) is 31.2 Å². The Labute approximate surface area is 91.1 Å². The third-order valence-corrected chi connectivity index (χ3v) is 1.86. The summed E-state index contributed by atoms with van der Waals surface area (Å²) in [6.07, 6.45) is 1.44. The average Bonchev–Trinajstić information content (AvgIpc) is 2.73. The molecule has 0 atom stereocenters. The number of hydrogen-bond acceptors (Lipinski definition) is 6. The van der Waals surface area contributed by atoms with E-state index >= 15 is 0 Å². The predicted octanol–water partition coefficient (Wildman–Crippen LogP) is 0.291. The van der Waals surface area contributed by atoms with E-state index in [1.807, 2.05) is 0 Å². The van der Waals surface area contributed by atoms with E-state index in [0.29, 0.717) is 17.3 Å². The summed E-state index contributed by atoms with van der Waals surface area (Å²) in [6, 6.07) is 3.32. The summed E-state index contributed by atoms with van der Waals surface area (Å²) in [4.78, 5) is 15.0. The van der Waals surface area contributed by atoms with Crippen molar-refractivity contribution in [1.29, 1.82) is 0 Å². The number of ether oxygens (including phenoxy) is 1. The van der Waals surface area contributed by atoms with Crippen LogP contribution in [0.2, 0.25) is 0 Å². The first-order valence-corrected chi connectivity index (χ1v) is 4.56. The first kappa shape index (κ1) is 10.2. The van der Waals surface area contributed by atoms with Gasteiger partial charge in [0.1, 0.15) is 6.33 Å². The molecule has 2 aromatic heterocycles. The summed E-state index contributed by atoms with van der Waals surface area (Å²) in [5.41, 5.74) is 0.600. The molecule has 16 heavy (non-hydrogen) atoms. The molecule has 82 valence electrons. The minimum absolute atomic E-state index is 0.375. The molecule has 0 unspecified atom stereocenters. The number of carbonyl (C=O) groups excluding carboxylic acids is 1. The molecule has 0 radical (unpaired) electrons. The first-order chi connectivity index (χ1) is 7.66. The number of hydrogen-bond donors (Lipinski definition) is 0. The zero-order valence-corrected chi connectivity index (χ0v) is 8.78. The highest BCUT2D eigenvalue weighted by atomic mass is 16.5. The molecule has 0 amide bonds. The van der Waals surface area contributed by atoms with Crippen molar-refractivity contribution in [2.24, 2.45) is 0 Å². The molecule has 0 aliphatic rings. The minimum Gasteiger partial charge on any atom is -0.425 e. The fraction of sp³-hybridized carbons (Fsp3) is 0.222. The Morgan fingerprint density at radius 2 is 2.25 bits per heavy atom. The zero-order valence-electron chi connectivity index (χ0n) is 8.78. The van der Waals surface area contributed by atoms with Crippen LogP contribution >= 0.6 is 0 Å². The molecule has 0 spiro atoms. The quantitative estimate of drug-likeness (QED) is 0.675. The monoisotopic (exact) mass is 219 g/mol. The smallest absolute Gasteiger partial charge is 0.308 e. The zero-order chi connectivity index (χ0) is 11.5. The van der Waals surface area contributed by atoms with Gasteiger partial charge in [0.2, 0.25) is 0 Å². The van der Waals surface area contributed by atoms with E-state index in [2.05, 4.69) is 20.5 Å². The second-order valence-electron chi connectivity index (χ2n) is 3.10. The maximum atomic E-state index is 10.8. The van der Waals surface area contributed by atoms with E-state index in [4.69, 9.17) is 4.74 Å². The summed E-state index contributed by atoms with van der Waals surface area (Å²) in [5.74, 6) is 0.628. The second-order valence-corrected chi connectivity index (χ2v) is 3.10. The summed E-state index contributed by atoms with van der Waals surface area (Å²) >= 11 is 0. The van der Waals surface area contributed by atoms with E-state index in [0.717, 1.165) is 0 Å². The maximum absolute atomic E-state index is 10.8. The number of pyridine rings is 1. The van der Waals surface area contributed by atoms with E-state index in [1.54, 1.807) is 19.1 Å². The molecular formula is C9H9N5O2. The van der Waals surface area contributed by atoms with Crippen LogP contribution in [0.15, 0.2) is 18.5 Å². The van der Waals surface area contributed by atoms with E-state index in [9.17, 15) is 4.79 Å². The molecule has 0 bridgehead atoms. The van der Waals surface area contributed by atoms with Gasteiger partial charge >= 0.3 is 5.97 Å². The van der Waals surface area contributed by atoms with Gasteiger partial charge in [-0.15, -0.1) is 5.10 Å². The number of carbonyl (C=O) groups is 1. The number of aryl methyl sites for hydroxylation is 1. The topological polar surface area (TPSA) is 82.8 Å². The standard InChI is InChI=1S/C9H9N5O2/c1-6-8(16-7(2)15)3-4-9(11-6)14-5-10-12-13-14/h3-5H,1-2H3. The Balaban J connectivity index is 2.33. The van der Waals surface area contributed by atoms with Gasteiger partial charge in [0.15, 0.2) is 11.6 Å². The fourth-order valence-corrected chi connectivity index (χ4v) is 1.19. The number of tetrazole rings is 1. The van der Waals surface area contributed by atoms with E-state index < -0.39 is 0 Å². The van der Waals surface area contributed by atoms with Crippen molar-refractivity contribution < 1.29 is 9.53 Å². The third kappa shape index (κ3) is 2.02. The molecule has 0 fully saturated rings. The van der Waals surface area contributed by atoms with Crippen molar-refractivity contribution >= 4 is 5.97 Å². The van der Waals surface area contributed by atoms with Crippen molar-refractivity contribution in [1.82, 2.24) is 25.2 Å². The van der Waals surface area contributed by atoms with Gasteiger partial charge in [-0.1, -0.05) is 0 Å². The normalized spacial score (nSPS) is 10.1. The highest BCUT2D eigenvalue weighted by Crippen LogP contribution is 2.17. The Morgan fingerprint density at radius 3 is 2.81 bits per heavy atom. The van der Waals surface area contributed by atoms with Crippen LogP contribution in [0, 0.1) is 6.92 Å². The van der Waals surface area contributed by atoms with Crippen LogP contribution in [0.5, 0.6) is 5.75 Å². The molecule has 2 rings (SSSR count). The van der Waals surface area contributed by atoms with Crippen LogP contribution in [0.3, 0.4) is 0 Å². The van der Waals surface area contributed by atoms with Crippen LogP contribution in [0.25, 0.3) is 5.82 Å². The van der Waals surface area contributed by atoms with Gasteiger partial charge in [-0.3, -0.25) is 4.79 Å². The molecule has 0 aliphatic carbocycles. The van der Waals surface area contributed by atoms with Crippen LogP contribution < -0.4 is 4.74 Å². The molecule has 7 heteroatoms. The number of rotatable bonds is 2. The highest BCUT2D eigenvalue weighted by molar-refractivity contribution is 5.69. The number of aromatic nitrogens is 5. The molecule has 0 saturated heterocycles. The molecule has 2 aromatic rings. The maximum Gasteiger partial charge on any atom is 0.308 e. The molecular weight excluding hydrogens is 210 g/mol. The van der Waals surface area contributed by atoms with Crippen molar-refractivity contribution in [2.75, 3.05) is 0 Å². The van der Waals surface area contributed by atoms with Crippen LogP contribution in [-0.2, 0) is 4.79 Å². The Morgan fingerprint density at radius 1 is 1.44 bits per heavy atom. The summed E-state index contributed by atoms with van der Waals surface area (Å²) in [6.45, 7) is 3.08. The van der Waals surface area contributed by atoms with Gasteiger partial charge in [-0.05, 0) is 29.5 Å². The molecule has 2 heterocycles. The molecule has 0 aromatic carbocycles. The van der Waals surface area contributed by atoms with Gasteiger partial charge < -0.3 is 4.74 Å². The lowest BCUT2D eigenvalue weighted by Crippen LogP contribution is -2.06. The molecule has 0 saturated carbocycles. The van der Waals surface area contributed by atoms with E-state index in [-0.39, 0.29) is 5.97 Å².